The molecule has 0 spiro atoms. The number of rotatable bonds is 11. The van der Waals surface area contributed by atoms with Crippen molar-refractivity contribution in [1.29, 1.82) is 0 Å². The van der Waals surface area contributed by atoms with Crippen LogP contribution in [0.2, 0.25) is 25.7 Å². The zero-order valence-electron chi connectivity index (χ0n) is 22.8. The fourth-order valence-electron chi connectivity index (χ4n) is 4.35. The highest BCUT2D eigenvalue weighted by Crippen LogP contribution is 2.45. The van der Waals surface area contributed by atoms with Crippen molar-refractivity contribution in [3.8, 4) is 11.6 Å². The van der Waals surface area contributed by atoms with E-state index in [2.05, 4.69) is 34.8 Å². The topological polar surface area (TPSA) is 125 Å². The molecule has 0 aliphatic heterocycles. The molecule has 1 N–H and O–H groups in total. The first-order valence-corrected chi connectivity index (χ1v) is 17.9. The van der Waals surface area contributed by atoms with Gasteiger partial charge in [-0.3, -0.25) is 4.68 Å². The van der Waals surface area contributed by atoms with Crippen LogP contribution in [0.25, 0.3) is 16.7 Å². The predicted octanol–water partition coefficient (Wildman–Crippen LogP) is 3.65. The Labute approximate surface area is 229 Å². The summed E-state index contributed by atoms with van der Waals surface area (Å²) in [7, 11) is -2.30. The summed E-state index contributed by atoms with van der Waals surface area (Å²) >= 11 is 0. The van der Waals surface area contributed by atoms with Crippen LogP contribution >= 0.6 is 0 Å². The molecule has 3 heterocycles. The number of hydrogen-bond acceptors (Lipinski definition) is 8. The van der Waals surface area contributed by atoms with Gasteiger partial charge in [0.05, 0.1) is 36.8 Å². The number of hydrogen-bond donors (Lipinski definition) is 1. The number of aryl methyl sites for hydroxylation is 1. The molecule has 1 fully saturated rings. The van der Waals surface area contributed by atoms with Crippen molar-refractivity contribution in [3.05, 3.63) is 54.6 Å². The number of methoxy groups -OCH3 is 1. The molecule has 1 aliphatic carbocycles. The number of aliphatic hydroxyl groups is 1. The first-order valence-electron chi connectivity index (χ1n) is 12.8. The van der Waals surface area contributed by atoms with Gasteiger partial charge < -0.3 is 14.6 Å². The molecule has 0 bridgehead atoms. The molecule has 4 aromatic rings. The smallest absolute Gasteiger partial charge is 0.269 e. The fourth-order valence-corrected chi connectivity index (χ4v) is 6.40. The Morgan fingerprint density at radius 1 is 1.15 bits per heavy atom. The van der Waals surface area contributed by atoms with Crippen LogP contribution in [0.5, 0.6) is 5.75 Å². The van der Waals surface area contributed by atoms with E-state index < -0.39 is 23.7 Å². The zero-order valence-corrected chi connectivity index (χ0v) is 24.6. The van der Waals surface area contributed by atoms with E-state index in [-0.39, 0.29) is 11.6 Å². The number of nitrogens with zero attached hydrogens (tertiary/aromatic N) is 6. The molecular weight excluding hydrogens is 536 g/mol. The highest BCUT2D eigenvalue weighted by molar-refractivity contribution is 7.92. The van der Waals surface area contributed by atoms with Gasteiger partial charge in [-0.2, -0.15) is 10.2 Å². The highest BCUT2D eigenvalue weighted by Gasteiger charge is 2.42. The summed E-state index contributed by atoms with van der Waals surface area (Å²) in [4.78, 5) is 4.30. The molecule has 5 rings (SSSR count). The van der Waals surface area contributed by atoms with Gasteiger partial charge in [-0.15, -0.1) is 0 Å². The van der Waals surface area contributed by atoms with Crippen LogP contribution in [-0.2, 0) is 27.4 Å². The predicted molar refractivity (Wildman–Crippen MR) is 150 cm³/mol. The molecule has 1 aliphatic rings. The molecule has 11 nitrogen and oxygen atoms in total. The fraction of sp³-hybridized carbons (Fsp3) is 0.423. The molecule has 3 aromatic heterocycles. The van der Waals surface area contributed by atoms with Crippen molar-refractivity contribution >= 4 is 34.7 Å². The van der Waals surface area contributed by atoms with Gasteiger partial charge in [0.15, 0.2) is 5.82 Å². The maximum atomic E-state index is 14.2. The van der Waals surface area contributed by atoms with Crippen molar-refractivity contribution in [2.75, 3.05) is 24.8 Å². The summed E-state index contributed by atoms with van der Waals surface area (Å²) in [6.45, 7) is 6.94. The summed E-state index contributed by atoms with van der Waals surface area (Å²) in [5, 5.41) is 19.9. The molecule has 13 heteroatoms. The van der Waals surface area contributed by atoms with Crippen molar-refractivity contribution in [2.45, 2.75) is 49.0 Å². The van der Waals surface area contributed by atoms with Crippen LogP contribution in [-0.4, -0.2) is 66.6 Å². The van der Waals surface area contributed by atoms with E-state index in [1.165, 1.54) is 28.5 Å². The minimum atomic E-state index is -4.16. The molecule has 0 saturated heterocycles. The third-order valence-corrected chi connectivity index (χ3v) is 10.3. The summed E-state index contributed by atoms with van der Waals surface area (Å²) in [5.41, 5.74) is 0.831. The van der Waals surface area contributed by atoms with Gasteiger partial charge in [-0.25, -0.2) is 22.4 Å². The first-order chi connectivity index (χ1) is 18.4. The average Bonchev–Trinajstić information content (AvgIpc) is 3.28. The number of sulfonamides is 1. The molecule has 39 heavy (non-hydrogen) atoms. The molecule has 208 valence electrons. The van der Waals surface area contributed by atoms with Crippen LogP contribution in [0.3, 0.4) is 0 Å². The number of pyridine rings is 1. The minimum absolute atomic E-state index is 0.0325. The Morgan fingerprint density at radius 2 is 1.92 bits per heavy atom. The Kier molecular flexibility index (Phi) is 7.03. The van der Waals surface area contributed by atoms with Gasteiger partial charge in [-0.05, 0) is 48.7 Å². The summed E-state index contributed by atoms with van der Waals surface area (Å²) in [6.07, 6.45) is 7.35. The molecule has 0 amide bonds. The second-order valence-corrected chi connectivity index (χ2v) is 18.6. The lowest BCUT2D eigenvalue weighted by molar-refractivity contribution is 0.151. The van der Waals surface area contributed by atoms with Crippen molar-refractivity contribution < 1.29 is 23.0 Å². The number of anilines is 1. The van der Waals surface area contributed by atoms with Crippen LogP contribution < -0.4 is 9.04 Å². The monoisotopic (exact) mass is 570 g/mol. The minimum Gasteiger partial charge on any atom is -0.494 e. The molecule has 0 radical (unpaired) electrons. The van der Waals surface area contributed by atoms with Gasteiger partial charge in [-0.1, -0.05) is 19.6 Å². The molecule has 0 atom stereocenters. The first kappa shape index (κ1) is 27.3. The third-order valence-electron chi connectivity index (χ3n) is 6.90. The second-order valence-electron chi connectivity index (χ2n) is 11.1. The number of ether oxygens (including phenoxy) is 2. The van der Waals surface area contributed by atoms with E-state index in [4.69, 9.17) is 9.47 Å². The van der Waals surface area contributed by atoms with E-state index >= 15 is 0 Å². The largest absolute Gasteiger partial charge is 0.494 e. The lowest BCUT2D eigenvalue weighted by atomic mass is 10.1. The van der Waals surface area contributed by atoms with Crippen LogP contribution in [0.15, 0.2) is 53.9 Å². The van der Waals surface area contributed by atoms with Gasteiger partial charge in [0.25, 0.3) is 10.0 Å². The average molecular weight is 571 g/mol. The van der Waals surface area contributed by atoms with Crippen molar-refractivity contribution in [1.82, 2.24) is 24.5 Å². The maximum Gasteiger partial charge on any atom is 0.269 e. The SMILES string of the molecule is COc1ccc2cnn(C)c2c1N(COCC[Si](C)(C)C)S(=O)(=O)c1cnn(-c2cc(C3(O)CC3)ccn2)c1. The Hall–Kier alpha value is -3.26. The summed E-state index contributed by atoms with van der Waals surface area (Å²) in [5.74, 6) is 0.793. The number of aromatic nitrogens is 5. The van der Waals surface area contributed by atoms with Gasteiger partial charge in [0.1, 0.15) is 23.1 Å². The van der Waals surface area contributed by atoms with E-state index in [1.807, 2.05) is 6.07 Å². The van der Waals surface area contributed by atoms with Crippen molar-refractivity contribution in [3.63, 3.8) is 0 Å². The molecule has 0 unspecified atom stereocenters. The Bertz CT molecular complexity index is 1610. The van der Waals surface area contributed by atoms with Gasteiger partial charge in [0, 0.05) is 33.3 Å². The lowest BCUT2D eigenvalue weighted by Gasteiger charge is -2.26. The van der Waals surface area contributed by atoms with Gasteiger partial charge in [0.2, 0.25) is 0 Å². The normalized spacial score (nSPS) is 15.0. The standard InChI is InChI=1S/C26H34N6O5SSi/c1-30-24-19(15-28-30)6-7-22(36-2)25(24)32(18-37-12-13-39(3,4)5)38(34,35)21-16-29-31(17-21)23-14-20(8-11-27-23)26(33)9-10-26/h6-8,11,14-17,33H,9-10,12-13,18H2,1-5H3. The Balaban J connectivity index is 1.55. The molecule has 1 aromatic carbocycles. The Morgan fingerprint density at radius 3 is 2.62 bits per heavy atom. The van der Waals surface area contributed by atoms with E-state index in [9.17, 15) is 13.5 Å². The van der Waals surface area contributed by atoms with Gasteiger partial charge >= 0.3 is 0 Å². The number of benzene rings is 1. The van der Waals surface area contributed by atoms with Crippen molar-refractivity contribution in [2.24, 2.45) is 7.05 Å². The molecular formula is C26H34N6O5SSi. The molecule has 1 saturated carbocycles. The van der Waals surface area contributed by atoms with E-state index in [0.717, 1.165) is 17.0 Å². The summed E-state index contributed by atoms with van der Waals surface area (Å²) in [6, 6.07) is 7.95. The number of fused-ring (bicyclic) bond motifs is 1. The van der Waals surface area contributed by atoms with Crippen LogP contribution in [0, 0.1) is 0 Å². The quantitative estimate of drug-likeness (QED) is 0.165. The highest BCUT2D eigenvalue weighted by atomic mass is 32.2. The lowest BCUT2D eigenvalue weighted by Crippen LogP contribution is -2.34. The van der Waals surface area contributed by atoms with E-state index in [1.54, 1.807) is 42.3 Å². The second kappa shape index (κ2) is 10.0. The maximum absolute atomic E-state index is 14.2. The third kappa shape index (κ3) is 5.44. The summed E-state index contributed by atoms with van der Waals surface area (Å²) < 4.78 is 44.3. The zero-order chi connectivity index (χ0) is 28.0. The van der Waals surface area contributed by atoms with Crippen LogP contribution in [0.1, 0.15) is 18.4 Å². The van der Waals surface area contributed by atoms with Crippen LogP contribution in [0.4, 0.5) is 5.69 Å². The van der Waals surface area contributed by atoms with E-state index in [0.29, 0.717) is 42.2 Å².